The first kappa shape index (κ1) is 15.8. The number of ether oxygens (including phenoxy) is 2. The first-order valence-electron chi connectivity index (χ1n) is 6.91. The summed E-state index contributed by atoms with van der Waals surface area (Å²) in [4.78, 5) is 12.1. The molecule has 116 valence electrons. The molecule has 2 rings (SSSR count). The number of hydrogen-bond acceptors (Lipinski definition) is 3. The summed E-state index contributed by atoms with van der Waals surface area (Å²) in [7, 11) is 1.37. The number of methoxy groups -OCH3 is 1. The third-order valence-electron chi connectivity index (χ3n) is 2.88. The van der Waals surface area contributed by atoms with Crippen LogP contribution in [0.25, 0.3) is 0 Å². The second kappa shape index (κ2) is 6.93. The fourth-order valence-electron chi connectivity index (χ4n) is 1.93. The molecule has 1 amide bonds. The van der Waals surface area contributed by atoms with Crippen LogP contribution in [0.3, 0.4) is 0 Å². The number of halogens is 1. The number of carbonyl (C=O) groups excluding carboxylic acids is 1. The molecular formula is C17H18FNO3. The Morgan fingerprint density at radius 3 is 2.59 bits per heavy atom. The van der Waals surface area contributed by atoms with Crippen LogP contribution >= 0.6 is 0 Å². The van der Waals surface area contributed by atoms with Gasteiger partial charge in [-0.05, 0) is 44.2 Å². The molecule has 0 heterocycles. The van der Waals surface area contributed by atoms with Gasteiger partial charge in [0.05, 0.1) is 13.2 Å². The van der Waals surface area contributed by atoms with Crippen LogP contribution in [-0.4, -0.2) is 19.1 Å². The number of rotatable bonds is 5. The lowest BCUT2D eigenvalue weighted by Gasteiger charge is -2.11. The Bertz CT molecular complexity index is 671. The van der Waals surface area contributed by atoms with Crippen LogP contribution in [0.4, 0.5) is 10.1 Å². The Morgan fingerprint density at radius 2 is 1.95 bits per heavy atom. The minimum atomic E-state index is -0.577. The molecule has 1 N–H and O–H groups in total. The van der Waals surface area contributed by atoms with Crippen molar-refractivity contribution in [3.8, 4) is 11.5 Å². The molecule has 2 aromatic rings. The van der Waals surface area contributed by atoms with Crippen molar-refractivity contribution in [1.82, 2.24) is 0 Å². The Morgan fingerprint density at radius 1 is 1.18 bits per heavy atom. The van der Waals surface area contributed by atoms with Gasteiger partial charge in [0.2, 0.25) is 0 Å². The van der Waals surface area contributed by atoms with Crippen molar-refractivity contribution in [3.05, 3.63) is 53.8 Å². The van der Waals surface area contributed by atoms with E-state index in [1.807, 2.05) is 19.9 Å². The summed E-state index contributed by atoms with van der Waals surface area (Å²) in [5.41, 5.74) is 0.799. The standard InChI is InChI=1S/C17H18FNO3/c1-11(2)22-14-6-4-5-13(10-14)19-17(20)12-7-8-16(21-3)15(18)9-12/h4-11H,1-3H3,(H,19,20). The van der Waals surface area contributed by atoms with Gasteiger partial charge in [0.1, 0.15) is 5.75 Å². The van der Waals surface area contributed by atoms with Crippen LogP contribution in [0, 0.1) is 5.82 Å². The zero-order valence-electron chi connectivity index (χ0n) is 12.7. The highest BCUT2D eigenvalue weighted by Gasteiger charge is 2.11. The first-order valence-corrected chi connectivity index (χ1v) is 6.91. The number of carbonyl (C=O) groups is 1. The maximum absolute atomic E-state index is 13.6. The van der Waals surface area contributed by atoms with Gasteiger partial charge in [0, 0.05) is 17.3 Å². The Labute approximate surface area is 128 Å². The second-order valence-corrected chi connectivity index (χ2v) is 5.00. The van der Waals surface area contributed by atoms with E-state index in [4.69, 9.17) is 9.47 Å². The van der Waals surface area contributed by atoms with Gasteiger partial charge >= 0.3 is 0 Å². The zero-order chi connectivity index (χ0) is 16.1. The smallest absolute Gasteiger partial charge is 0.255 e. The van der Waals surface area contributed by atoms with E-state index in [1.165, 1.54) is 19.2 Å². The van der Waals surface area contributed by atoms with E-state index in [0.717, 1.165) is 6.07 Å². The zero-order valence-corrected chi connectivity index (χ0v) is 12.7. The van der Waals surface area contributed by atoms with Crippen molar-refractivity contribution in [3.63, 3.8) is 0 Å². The number of amides is 1. The fourth-order valence-corrected chi connectivity index (χ4v) is 1.93. The largest absolute Gasteiger partial charge is 0.494 e. The molecule has 0 fully saturated rings. The maximum Gasteiger partial charge on any atom is 0.255 e. The normalized spacial score (nSPS) is 10.4. The topological polar surface area (TPSA) is 47.6 Å². The fraction of sp³-hybridized carbons (Fsp3) is 0.235. The van der Waals surface area contributed by atoms with Crippen molar-refractivity contribution < 1.29 is 18.7 Å². The molecule has 0 aliphatic rings. The monoisotopic (exact) mass is 303 g/mol. The van der Waals surface area contributed by atoms with Crippen LogP contribution < -0.4 is 14.8 Å². The molecule has 4 nitrogen and oxygen atoms in total. The van der Waals surface area contributed by atoms with Gasteiger partial charge in [-0.3, -0.25) is 4.79 Å². The average molecular weight is 303 g/mol. The lowest BCUT2D eigenvalue weighted by Crippen LogP contribution is -2.12. The minimum absolute atomic E-state index is 0.0432. The predicted molar refractivity (Wildman–Crippen MR) is 83.1 cm³/mol. The van der Waals surface area contributed by atoms with Crippen molar-refractivity contribution in [2.75, 3.05) is 12.4 Å². The molecule has 0 atom stereocenters. The second-order valence-electron chi connectivity index (χ2n) is 5.00. The van der Waals surface area contributed by atoms with E-state index in [2.05, 4.69) is 5.32 Å². The third kappa shape index (κ3) is 3.97. The minimum Gasteiger partial charge on any atom is -0.494 e. The Hall–Kier alpha value is -2.56. The van der Waals surface area contributed by atoms with Gasteiger partial charge in [0.25, 0.3) is 5.91 Å². The quantitative estimate of drug-likeness (QED) is 0.912. The molecule has 0 radical (unpaired) electrons. The summed E-state index contributed by atoms with van der Waals surface area (Å²) in [6.07, 6.45) is 0.0432. The van der Waals surface area contributed by atoms with Gasteiger partial charge in [0.15, 0.2) is 11.6 Å². The summed E-state index contributed by atoms with van der Waals surface area (Å²) >= 11 is 0. The van der Waals surface area contributed by atoms with Crippen LogP contribution in [-0.2, 0) is 0 Å². The molecule has 22 heavy (non-hydrogen) atoms. The van der Waals surface area contributed by atoms with Crippen molar-refractivity contribution >= 4 is 11.6 Å². The first-order chi connectivity index (χ1) is 10.5. The number of nitrogens with one attached hydrogen (secondary N) is 1. The molecule has 0 unspecified atom stereocenters. The van der Waals surface area contributed by atoms with Crippen LogP contribution in [0.2, 0.25) is 0 Å². The molecule has 0 aromatic heterocycles. The van der Waals surface area contributed by atoms with Gasteiger partial charge in [-0.15, -0.1) is 0 Å². The highest BCUT2D eigenvalue weighted by molar-refractivity contribution is 6.04. The van der Waals surface area contributed by atoms with Crippen molar-refractivity contribution in [2.45, 2.75) is 20.0 Å². The summed E-state index contributed by atoms with van der Waals surface area (Å²) in [5, 5.41) is 2.71. The lowest BCUT2D eigenvalue weighted by atomic mass is 10.2. The highest BCUT2D eigenvalue weighted by Crippen LogP contribution is 2.21. The van der Waals surface area contributed by atoms with Crippen molar-refractivity contribution in [1.29, 1.82) is 0 Å². The van der Waals surface area contributed by atoms with E-state index >= 15 is 0 Å². The summed E-state index contributed by atoms with van der Waals surface area (Å²) in [5.74, 6) is -0.215. The molecule has 0 saturated carbocycles. The van der Waals surface area contributed by atoms with Crippen LogP contribution in [0.5, 0.6) is 11.5 Å². The van der Waals surface area contributed by atoms with E-state index in [9.17, 15) is 9.18 Å². The molecule has 0 bridgehead atoms. The summed E-state index contributed by atoms with van der Waals surface area (Å²) in [6.45, 7) is 3.84. The number of anilines is 1. The van der Waals surface area contributed by atoms with E-state index in [0.29, 0.717) is 11.4 Å². The molecular weight excluding hydrogens is 285 g/mol. The molecule has 0 saturated heterocycles. The average Bonchev–Trinajstić information content (AvgIpc) is 2.46. The third-order valence-corrected chi connectivity index (χ3v) is 2.88. The molecule has 0 aliphatic heterocycles. The van der Waals surface area contributed by atoms with Crippen LogP contribution in [0.15, 0.2) is 42.5 Å². The predicted octanol–water partition coefficient (Wildman–Crippen LogP) is 3.87. The molecule has 5 heteroatoms. The number of benzene rings is 2. The molecule has 2 aromatic carbocycles. The summed E-state index contributed by atoms with van der Waals surface area (Å²) < 4.78 is 24.0. The molecule has 0 aliphatic carbocycles. The SMILES string of the molecule is COc1ccc(C(=O)Nc2cccc(OC(C)C)c2)cc1F. The van der Waals surface area contributed by atoms with Crippen molar-refractivity contribution in [2.24, 2.45) is 0 Å². The lowest BCUT2D eigenvalue weighted by molar-refractivity contribution is 0.102. The Kier molecular flexibility index (Phi) is 4.99. The summed E-state index contributed by atoms with van der Waals surface area (Å²) in [6, 6.07) is 11.1. The molecule has 0 spiro atoms. The van der Waals surface area contributed by atoms with E-state index < -0.39 is 11.7 Å². The van der Waals surface area contributed by atoms with Gasteiger partial charge < -0.3 is 14.8 Å². The number of hydrogen-bond donors (Lipinski definition) is 1. The maximum atomic E-state index is 13.6. The van der Waals surface area contributed by atoms with Gasteiger partial charge in [-0.2, -0.15) is 0 Å². The highest BCUT2D eigenvalue weighted by atomic mass is 19.1. The van der Waals surface area contributed by atoms with Crippen LogP contribution in [0.1, 0.15) is 24.2 Å². The van der Waals surface area contributed by atoms with E-state index in [-0.39, 0.29) is 17.4 Å². The van der Waals surface area contributed by atoms with Gasteiger partial charge in [-0.1, -0.05) is 6.07 Å². The Balaban J connectivity index is 2.13. The van der Waals surface area contributed by atoms with E-state index in [1.54, 1.807) is 18.2 Å². The van der Waals surface area contributed by atoms with Gasteiger partial charge in [-0.25, -0.2) is 4.39 Å².